The molecule has 26 heavy (non-hydrogen) atoms. The Morgan fingerprint density at radius 3 is 2.65 bits per heavy atom. The predicted octanol–water partition coefficient (Wildman–Crippen LogP) is 3.27. The van der Waals surface area contributed by atoms with Gasteiger partial charge in [0.2, 0.25) is 5.91 Å². The molecule has 4 rings (SSSR count). The summed E-state index contributed by atoms with van der Waals surface area (Å²) in [6.45, 7) is 3.20. The lowest BCUT2D eigenvalue weighted by Gasteiger charge is -2.35. The van der Waals surface area contributed by atoms with Crippen molar-refractivity contribution in [2.24, 2.45) is 0 Å². The zero-order valence-electron chi connectivity index (χ0n) is 14.4. The van der Waals surface area contributed by atoms with Crippen molar-refractivity contribution in [1.29, 1.82) is 0 Å². The fourth-order valence-corrected chi connectivity index (χ4v) is 4.97. The summed E-state index contributed by atoms with van der Waals surface area (Å²) in [7, 11) is 0. The number of amides is 1. The second kappa shape index (κ2) is 8.05. The standard InChI is InChI=1S/C19H20N4OS2/c24-19(14-25-13-18-21-15-5-1-2-6-16(15)26-18)23-11-9-22(10-12-23)17-7-3-4-8-20-17/h1-8H,9-14H2. The molecule has 1 aliphatic heterocycles. The molecule has 1 amide bonds. The zero-order valence-corrected chi connectivity index (χ0v) is 16.0. The highest BCUT2D eigenvalue weighted by Crippen LogP contribution is 2.25. The highest BCUT2D eigenvalue weighted by atomic mass is 32.2. The molecule has 0 spiro atoms. The van der Waals surface area contributed by atoms with Gasteiger partial charge in [0.25, 0.3) is 0 Å². The molecule has 1 aromatic carbocycles. The van der Waals surface area contributed by atoms with Crippen LogP contribution in [0.15, 0.2) is 48.7 Å². The van der Waals surface area contributed by atoms with Gasteiger partial charge in [0.1, 0.15) is 10.8 Å². The van der Waals surface area contributed by atoms with Crippen molar-refractivity contribution >= 4 is 45.0 Å². The quantitative estimate of drug-likeness (QED) is 0.676. The Bertz CT molecular complexity index is 842. The Kier molecular flexibility index (Phi) is 5.36. The van der Waals surface area contributed by atoms with E-state index in [2.05, 4.69) is 20.9 Å². The number of carbonyl (C=O) groups is 1. The highest BCUT2D eigenvalue weighted by Gasteiger charge is 2.21. The van der Waals surface area contributed by atoms with E-state index in [0.29, 0.717) is 5.75 Å². The first-order chi connectivity index (χ1) is 12.8. The monoisotopic (exact) mass is 384 g/mol. The third-order valence-electron chi connectivity index (χ3n) is 4.39. The van der Waals surface area contributed by atoms with E-state index >= 15 is 0 Å². The van der Waals surface area contributed by atoms with Crippen LogP contribution in [0.3, 0.4) is 0 Å². The van der Waals surface area contributed by atoms with Crippen LogP contribution in [0.1, 0.15) is 5.01 Å². The average molecular weight is 385 g/mol. The third-order valence-corrected chi connectivity index (χ3v) is 6.54. The first kappa shape index (κ1) is 17.3. The Morgan fingerprint density at radius 1 is 1.08 bits per heavy atom. The number of benzene rings is 1. The number of anilines is 1. The van der Waals surface area contributed by atoms with Crippen LogP contribution in [0.25, 0.3) is 10.2 Å². The maximum absolute atomic E-state index is 12.5. The molecular weight excluding hydrogens is 364 g/mol. The van der Waals surface area contributed by atoms with E-state index in [9.17, 15) is 4.79 Å². The lowest BCUT2D eigenvalue weighted by Crippen LogP contribution is -2.49. The zero-order chi connectivity index (χ0) is 17.8. The number of fused-ring (bicyclic) bond motifs is 1. The van der Waals surface area contributed by atoms with Gasteiger partial charge in [-0.3, -0.25) is 4.79 Å². The van der Waals surface area contributed by atoms with Crippen molar-refractivity contribution in [3.8, 4) is 0 Å². The fraction of sp³-hybridized carbons (Fsp3) is 0.316. The van der Waals surface area contributed by atoms with Gasteiger partial charge >= 0.3 is 0 Å². The van der Waals surface area contributed by atoms with Crippen LogP contribution in [0.5, 0.6) is 0 Å². The normalized spacial score (nSPS) is 14.8. The van der Waals surface area contributed by atoms with Crippen molar-refractivity contribution in [3.05, 3.63) is 53.7 Å². The molecule has 0 atom stereocenters. The van der Waals surface area contributed by atoms with Gasteiger partial charge in [-0.15, -0.1) is 23.1 Å². The molecule has 0 N–H and O–H groups in total. The number of hydrogen-bond donors (Lipinski definition) is 0. The minimum atomic E-state index is 0.219. The summed E-state index contributed by atoms with van der Waals surface area (Å²) in [5.41, 5.74) is 1.05. The van der Waals surface area contributed by atoms with Crippen molar-refractivity contribution in [1.82, 2.24) is 14.9 Å². The van der Waals surface area contributed by atoms with Crippen LogP contribution in [0.4, 0.5) is 5.82 Å². The van der Waals surface area contributed by atoms with Gasteiger partial charge in [0.15, 0.2) is 0 Å². The number of piperazine rings is 1. The Morgan fingerprint density at radius 2 is 1.88 bits per heavy atom. The minimum Gasteiger partial charge on any atom is -0.353 e. The van der Waals surface area contributed by atoms with Gasteiger partial charge in [0.05, 0.1) is 16.0 Å². The molecule has 1 aliphatic rings. The smallest absolute Gasteiger partial charge is 0.232 e. The van der Waals surface area contributed by atoms with Crippen LogP contribution in [-0.4, -0.2) is 52.7 Å². The molecule has 134 valence electrons. The lowest BCUT2D eigenvalue weighted by atomic mass is 10.3. The summed E-state index contributed by atoms with van der Waals surface area (Å²) >= 11 is 3.36. The topological polar surface area (TPSA) is 49.3 Å². The molecule has 7 heteroatoms. The molecule has 1 fully saturated rings. The summed E-state index contributed by atoms with van der Waals surface area (Å²) in [6, 6.07) is 14.1. The molecule has 0 aliphatic carbocycles. The second-order valence-electron chi connectivity index (χ2n) is 6.12. The number of rotatable bonds is 5. The van der Waals surface area contributed by atoms with Gasteiger partial charge in [-0.2, -0.15) is 0 Å². The molecule has 0 bridgehead atoms. The molecule has 0 saturated carbocycles. The van der Waals surface area contributed by atoms with Crippen LogP contribution in [0, 0.1) is 0 Å². The number of pyridine rings is 1. The maximum Gasteiger partial charge on any atom is 0.232 e. The molecule has 0 radical (unpaired) electrons. The molecule has 0 unspecified atom stereocenters. The van der Waals surface area contributed by atoms with Crippen LogP contribution < -0.4 is 4.90 Å². The first-order valence-electron chi connectivity index (χ1n) is 8.65. The SMILES string of the molecule is O=C(CSCc1nc2ccccc2s1)N1CCN(c2ccccn2)CC1. The second-order valence-corrected chi connectivity index (χ2v) is 8.22. The summed E-state index contributed by atoms with van der Waals surface area (Å²) in [5, 5.41) is 1.09. The van der Waals surface area contributed by atoms with Crippen LogP contribution in [-0.2, 0) is 10.5 Å². The molecule has 3 heterocycles. The van der Waals surface area contributed by atoms with E-state index in [1.54, 1.807) is 23.1 Å². The number of nitrogens with zero attached hydrogens (tertiary/aromatic N) is 4. The summed E-state index contributed by atoms with van der Waals surface area (Å²) in [6.07, 6.45) is 1.81. The maximum atomic E-state index is 12.5. The van der Waals surface area contributed by atoms with E-state index in [-0.39, 0.29) is 5.91 Å². The van der Waals surface area contributed by atoms with Gasteiger partial charge < -0.3 is 9.80 Å². The van der Waals surface area contributed by atoms with Crippen LogP contribution >= 0.6 is 23.1 Å². The molecular formula is C19H20N4OS2. The molecule has 3 aromatic rings. The van der Waals surface area contributed by atoms with E-state index < -0.39 is 0 Å². The number of hydrogen-bond acceptors (Lipinski definition) is 6. The lowest BCUT2D eigenvalue weighted by molar-refractivity contribution is -0.128. The third kappa shape index (κ3) is 3.99. The number of carbonyl (C=O) groups excluding carboxylic acids is 1. The van der Waals surface area contributed by atoms with Gasteiger partial charge in [-0.1, -0.05) is 18.2 Å². The van der Waals surface area contributed by atoms with E-state index in [1.807, 2.05) is 47.5 Å². The summed E-state index contributed by atoms with van der Waals surface area (Å²) in [4.78, 5) is 25.7. The predicted molar refractivity (Wildman–Crippen MR) is 109 cm³/mol. The average Bonchev–Trinajstić information content (AvgIpc) is 3.11. The molecule has 5 nitrogen and oxygen atoms in total. The number of aromatic nitrogens is 2. The van der Waals surface area contributed by atoms with Gasteiger partial charge in [-0.25, -0.2) is 9.97 Å². The summed E-state index contributed by atoms with van der Waals surface area (Å²) < 4.78 is 1.21. The molecule has 1 saturated heterocycles. The van der Waals surface area contributed by atoms with Crippen molar-refractivity contribution in [2.75, 3.05) is 36.8 Å². The van der Waals surface area contributed by atoms with Crippen molar-refractivity contribution in [3.63, 3.8) is 0 Å². The number of thioether (sulfide) groups is 1. The van der Waals surface area contributed by atoms with Crippen LogP contribution in [0.2, 0.25) is 0 Å². The van der Waals surface area contributed by atoms with E-state index in [1.165, 1.54) is 4.70 Å². The van der Waals surface area contributed by atoms with Gasteiger partial charge in [-0.05, 0) is 24.3 Å². The summed E-state index contributed by atoms with van der Waals surface area (Å²) in [5.74, 6) is 2.51. The Hall–Kier alpha value is -2.12. The first-order valence-corrected chi connectivity index (χ1v) is 10.6. The van der Waals surface area contributed by atoms with E-state index in [4.69, 9.17) is 0 Å². The highest BCUT2D eigenvalue weighted by molar-refractivity contribution is 7.99. The number of thiazole rings is 1. The number of para-hydroxylation sites is 1. The Balaban J connectivity index is 1.24. The van der Waals surface area contributed by atoms with Crippen molar-refractivity contribution < 1.29 is 4.79 Å². The largest absolute Gasteiger partial charge is 0.353 e. The Labute approximate surface area is 161 Å². The van der Waals surface area contributed by atoms with Crippen molar-refractivity contribution in [2.45, 2.75) is 5.75 Å². The fourth-order valence-electron chi connectivity index (χ4n) is 3.02. The molecule has 2 aromatic heterocycles. The van der Waals surface area contributed by atoms with E-state index in [0.717, 1.165) is 48.3 Å². The van der Waals surface area contributed by atoms with Gasteiger partial charge in [0, 0.05) is 38.1 Å². The minimum absolute atomic E-state index is 0.219.